The van der Waals surface area contributed by atoms with Gasteiger partial charge in [-0.1, -0.05) is 24.6 Å². The summed E-state index contributed by atoms with van der Waals surface area (Å²) in [6, 6.07) is 5.22. The van der Waals surface area contributed by atoms with Crippen molar-refractivity contribution in [2.45, 2.75) is 52.2 Å². The second kappa shape index (κ2) is 9.53. The highest BCUT2D eigenvalue weighted by atomic mass is 35.5. The van der Waals surface area contributed by atoms with Crippen molar-refractivity contribution < 1.29 is 18.8 Å². The van der Waals surface area contributed by atoms with Crippen molar-refractivity contribution in [3.63, 3.8) is 0 Å². The lowest BCUT2D eigenvalue weighted by atomic mass is 9.96. The van der Waals surface area contributed by atoms with Crippen LogP contribution in [0.25, 0.3) is 0 Å². The number of benzene rings is 1. The molecule has 0 fully saturated rings. The number of methoxy groups -OCH3 is 1. The second-order valence-corrected chi connectivity index (χ2v) is 10.3. The first-order valence-electron chi connectivity index (χ1n) is 9.26. The number of nitrogens with one attached hydrogen (secondary N) is 1. The van der Waals surface area contributed by atoms with Crippen LogP contribution in [0.4, 0.5) is 0 Å². The maximum Gasteiger partial charge on any atom is 0.323 e. The van der Waals surface area contributed by atoms with Crippen LogP contribution in [0.2, 0.25) is 5.02 Å². The average Bonchev–Trinajstić information content (AvgIpc) is 2.74. The molecule has 0 saturated carbocycles. The summed E-state index contributed by atoms with van der Waals surface area (Å²) in [5.41, 5.74) is 2.40. The third-order valence-electron chi connectivity index (χ3n) is 4.62. The molecule has 152 valence electrons. The smallest absolute Gasteiger partial charge is 0.323 e. The van der Waals surface area contributed by atoms with Crippen LogP contribution in [0.1, 0.15) is 44.7 Å². The van der Waals surface area contributed by atoms with Gasteiger partial charge in [0.15, 0.2) is 0 Å². The predicted molar refractivity (Wildman–Crippen MR) is 108 cm³/mol. The SMILES string of the molecule is COCP(=O)(N[C@@H](C)C(=O)OC(C)C)N1CCc2ccc(Cl)cc2[C@@H](C)C1. The van der Waals surface area contributed by atoms with Crippen molar-refractivity contribution in [2.24, 2.45) is 0 Å². The molecule has 0 bridgehead atoms. The summed E-state index contributed by atoms with van der Waals surface area (Å²) in [6.07, 6.45) is 0.564. The molecule has 3 atom stereocenters. The van der Waals surface area contributed by atoms with Gasteiger partial charge in [0.05, 0.1) is 6.10 Å². The zero-order valence-electron chi connectivity index (χ0n) is 16.7. The van der Waals surface area contributed by atoms with Crippen LogP contribution in [-0.2, 0) is 25.3 Å². The van der Waals surface area contributed by atoms with E-state index < -0.39 is 19.5 Å². The van der Waals surface area contributed by atoms with E-state index in [-0.39, 0.29) is 18.4 Å². The Labute approximate surface area is 167 Å². The number of rotatable bonds is 7. The van der Waals surface area contributed by atoms with E-state index in [1.54, 1.807) is 20.8 Å². The molecule has 2 rings (SSSR count). The largest absolute Gasteiger partial charge is 0.462 e. The number of hydrogen-bond donors (Lipinski definition) is 1. The standard InChI is InChI=1S/C19H30ClN2O4P/c1-13(2)26-19(23)15(4)21-27(24,12-25-5)22-9-8-16-6-7-17(20)10-18(16)14(3)11-22/h6-7,10,13-15H,8-9,11-12H2,1-5H3,(H,21,24)/t14-,15-,27?/m0/s1. The minimum Gasteiger partial charge on any atom is -0.462 e. The summed E-state index contributed by atoms with van der Waals surface area (Å²) in [5.74, 6) is -0.259. The van der Waals surface area contributed by atoms with Gasteiger partial charge >= 0.3 is 5.97 Å². The van der Waals surface area contributed by atoms with Crippen molar-refractivity contribution >= 4 is 25.0 Å². The number of hydrogen-bond acceptors (Lipinski definition) is 4. The van der Waals surface area contributed by atoms with E-state index in [1.807, 2.05) is 22.9 Å². The van der Waals surface area contributed by atoms with Crippen molar-refractivity contribution in [3.05, 3.63) is 34.3 Å². The maximum absolute atomic E-state index is 13.7. The van der Waals surface area contributed by atoms with Crippen LogP contribution in [0.5, 0.6) is 0 Å². The Morgan fingerprint density at radius 1 is 1.41 bits per heavy atom. The van der Waals surface area contributed by atoms with Crippen LogP contribution < -0.4 is 5.09 Å². The molecule has 1 unspecified atom stereocenters. The van der Waals surface area contributed by atoms with E-state index in [0.717, 1.165) is 6.42 Å². The van der Waals surface area contributed by atoms with Gasteiger partial charge in [0, 0.05) is 25.2 Å². The molecule has 1 aliphatic rings. The zero-order valence-corrected chi connectivity index (χ0v) is 18.3. The Morgan fingerprint density at radius 2 is 2.11 bits per heavy atom. The third kappa shape index (κ3) is 5.78. The molecule has 6 nitrogen and oxygen atoms in total. The number of esters is 1. The molecule has 0 spiro atoms. The number of carbonyl (C=O) groups excluding carboxylic acids is 1. The fourth-order valence-electron chi connectivity index (χ4n) is 3.37. The summed E-state index contributed by atoms with van der Waals surface area (Å²) in [5, 5.41) is 3.72. The van der Waals surface area contributed by atoms with Crippen molar-refractivity contribution in [3.8, 4) is 0 Å². The molecule has 1 aromatic rings. The first-order chi connectivity index (χ1) is 12.7. The molecule has 0 amide bonds. The highest BCUT2D eigenvalue weighted by Gasteiger charge is 2.36. The van der Waals surface area contributed by atoms with Gasteiger partial charge in [-0.15, -0.1) is 0 Å². The summed E-state index contributed by atoms with van der Waals surface area (Å²) >= 11 is 6.16. The topological polar surface area (TPSA) is 67.9 Å². The lowest BCUT2D eigenvalue weighted by Crippen LogP contribution is -2.41. The second-order valence-electron chi connectivity index (χ2n) is 7.36. The lowest BCUT2D eigenvalue weighted by Gasteiger charge is -2.33. The number of ether oxygens (including phenoxy) is 2. The van der Waals surface area contributed by atoms with Gasteiger partial charge in [-0.3, -0.25) is 9.36 Å². The third-order valence-corrected chi connectivity index (χ3v) is 7.54. The zero-order chi connectivity index (χ0) is 20.2. The van der Waals surface area contributed by atoms with Crippen molar-refractivity contribution in [2.75, 3.05) is 26.5 Å². The predicted octanol–water partition coefficient (Wildman–Crippen LogP) is 4.03. The highest BCUT2D eigenvalue weighted by Crippen LogP contribution is 2.48. The number of carbonyl (C=O) groups is 1. The van der Waals surface area contributed by atoms with E-state index in [0.29, 0.717) is 18.1 Å². The van der Waals surface area contributed by atoms with Crippen LogP contribution in [0.15, 0.2) is 18.2 Å². The van der Waals surface area contributed by atoms with Gasteiger partial charge in [-0.05, 0) is 56.4 Å². The molecule has 1 aromatic carbocycles. The lowest BCUT2D eigenvalue weighted by molar-refractivity contribution is -0.149. The normalized spacial score (nSPS) is 21.2. The molecule has 0 aromatic heterocycles. The fourth-order valence-corrected chi connectivity index (χ4v) is 5.94. The monoisotopic (exact) mass is 416 g/mol. The Morgan fingerprint density at radius 3 is 2.74 bits per heavy atom. The maximum atomic E-state index is 13.7. The Kier molecular flexibility index (Phi) is 7.90. The minimum absolute atomic E-state index is 0.0239. The Balaban J connectivity index is 2.20. The molecular formula is C19H30ClN2O4P. The molecule has 27 heavy (non-hydrogen) atoms. The molecule has 1 heterocycles. The molecule has 1 aliphatic heterocycles. The van der Waals surface area contributed by atoms with E-state index in [9.17, 15) is 9.36 Å². The van der Waals surface area contributed by atoms with Crippen LogP contribution in [0, 0.1) is 0 Å². The van der Waals surface area contributed by atoms with E-state index in [1.165, 1.54) is 18.2 Å². The summed E-state index contributed by atoms with van der Waals surface area (Å²) in [6.45, 7) is 8.55. The molecular weight excluding hydrogens is 387 g/mol. The first kappa shape index (κ1) is 22.4. The van der Waals surface area contributed by atoms with Crippen LogP contribution >= 0.6 is 19.0 Å². The van der Waals surface area contributed by atoms with Gasteiger partial charge in [-0.25, -0.2) is 9.76 Å². The minimum atomic E-state index is -3.13. The molecule has 1 N–H and O–H groups in total. The van der Waals surface area contributed by atoms with Crippen molar-refractivity contribution in [1.82, 2.24) is 9.76 Å². The summed E-state index contributed by atoms with van der Waals surface area (Å²) < 4.78 is 26.2. The highest BCUT2D eigenvalue weighted by molar-refractivity contribution is 7.59. The van der Waals surface area contributed by atoms with Crippen LogP contribution in [0.3, 0.4) is 0 Å². The quantitative estimate of drug-likeness (QED) is 0.534. The molecule has 0 aliphatic carbocycles. The number of halogens is 1. The van der Waals surface area contributed by atoms with Gasteiger partial charge in [0.2, 0.25) is 7.44 Å². The number of nitrogens with zero attached hydrogens (tertiary/aromatic N) is 1. The number of fused-ring (bicyclic) bond motifs is 1. The van der Waals surface area contributed by atoms with Crippen LogP contribution in [-0.4, -0.2) is 49.3 Å². The van der Waals surface area contributed by atoms with Gasteiger partial charge in [0.1, 0.15) is 12.4 Å². The average molecular weight is 417 g/mol. The molecule has 8 heteroatoms. The van der Waals surface area contributed by atoms with E-state index >= 15 is 0 Å². The Hall–Kier alpha value is -0.910. The summed E-state index contributed by atoms with van der Waals surface area (Å²) in [4.78, 5) is 12.2. The summed E-state index contributed by atoms with van der Waals surface area (Å²) in [7, 11) is -1.61. The molecule has 0 saturated heterocycles. The van der Waals surface area contributed by atoms with E-state index in [2.05, 4.69) is 12.0 Å². The van der Waals surface area contributed by atoms with Gasteiger partial charge in [-0.2, -0.15) is 0 Å². The first-order valence-corrected chi connectivity index (χ1v) is 11.5. The molecule has 0 radical (unpaired) electrons. The van der Waals surface area contributed by atoms with Gasteiger partial charge < -0.3 is 9.47 Å². The van der Waals surface area contributed by atoms with Crippen molar-refractivity contribution in [1.29, 1.82) is 0 Å². The fraction of sp³-hybridized carbons (Fsp3) is 0.632. The van der Waals surface area contributed by atoms with E-state index in [4.69, 9.17) is 21.1 Å². The van der Waals surface area contributed by atoms with Gasteiger partial charge in [0.25, 0.3) is 0 Å². The Bertz CT molecular complexity index is 713.